The number of carbonyl (C=O) groups is 1. The second-order valence-corrected chi connectivity index (χ2v) is 5.03. The predicted molar refractivity (Wildman–Crippen MR) is 83.0 cm³/mol. The largest absolute Gasteiger partial charge is 0.497 e. The van der Waals surface area contributed by atoms with Crippen molar-refractivity contribution < 1.29 is 9.53 Å². The number of ether oxygens (including phenoxy) is 1. The van der Waals surface area contributed by atoms with Crippen LogP contribution in [0.15, 0.2) is 24.3 Å². The topological polar surface area (TPSA) is 64.3 Å². The molecule has 1 atom stereocenters. The Labute approximate surface area is 121 Å². The SMILES string of the molecule is CCCCCCCC(Nc1ccc(OC)cc1)C(N)=O. The molecule has 1 aromatic rings. The summed E-state index contributed by atoms with van der Waals surface area (Å²) in [6.45, 7) is 2.19. The minimum Gasteiger partial charge on any atom is -0.497 e. The number of methoxy groups -OCH3 is 1. The van der Waals surface area contributed by atoms with Gasteiger partial charge in [0.2, 0.25) is 5.91 Å². The summed E-state index contributed by atoms with van der Waals surface area (Å²) in [6, 6.07) is 7.21. The molecule has 0 saturated heterocycles. The molecule has 20 heavy (non-hydrogen) atoms. The van der Waals surface area contributed by atoms with Gasteiger partial charge in [0.25, 0.3) is 0 Å². The summed E-state index contributed by atoms with van der Waals surface area (Å²) in [5, 5.41) is 3.19. The van der Waals surface area contributed by atoms with Crippen LogP contribution in [0.4, 0.5) is 5.69 Å². The molecule has 112 valence electrons. The molecule has 0 bridgehead atoms. The molecule has 0 aliphatic carbocycles. The van der Waals surface area contributed by atoms with Crippen molar-refractivity contribution in [2.75, 3.05) is 12.4 Å². The van der Waals surface area contributed by atoms with Gasteiger partial charge in [-0.15, -0.1) is 0 Å². The normalized spacial score (nSPS) is 11.9. The average molecular weight is 278 g/mol. The van der Waals surface area contributed by atoms with Crippen molar-refractivity contribution in [1.29, 1.82) is 0 Å². The zero-order valence-corrected chi connectivity index (χ0v) is 12.5. The highest BCUT2D eigenvalue weighted by atomic mass is 16.5. The molecule has 0 spiro atoms. The molecule has 0 aliphatic heterocycles. The molecule has 1 amide bonds. The summed E-state index contributed by atoms with van der Waals surface area (Å²) < 4.78 is 5.10. The van der Waals surface area contributed by atoms with E-state index in [1.165, 1.54) is 19.3 Å². The molecular weight excluding hydrogens is 252 g/mol. The lowest BCUT2D eigenvalue weighted by Crippen LogP contribution is -2.35. The number of primary amides is 1. The number of amides is 1. The third-order valence-corrected chi connectivity index (χ3v) is 3.37. The maximum Gasteiger partial charge on any atom is 0.239 e. The first-order valence-corrected chi connectivity index (χ1v) is 7.37. The Morgan fingerprint density at radius 3 is 2.40 bits per heavy atom. The molecule has 0 saturated carbocycles. The Kier molecular flexibility index (Phi) is 7.55. The molecule has 1 aromatic carbocycles. The standard InChI is InChI=1S/C16H26N2O2/c1-3-4-5-6-7-8-15(16(17)19)18-13-9-11-14(20-2)12-10-13/h9-12,15,18H,3-8H2,1-2H3,(H2,17,19). The van der Waals surface area contributed by atoms with Crippen LogP contribution in [0.5, 0.6) is 5.75 Å². The molecular formula is C16H26N2O2. The number of anilines is 1. The van der Waals surface area contributed by atoms with Gasteiger partial charge in [0.05, 0.1) is 7.11 Å². The predicted octanol–water partition coefficient (Wildman–Crippen LogP) is 3.32. The first kappa shape index (κ1) is 16.3. The fraction of sp³-hybridized carbons (Fsp3) is 0.562. The van der Waals surface area contributed by atoms with Crippen molar-refractivity contribution in [3.63, 3.8) is 0 Å². The monoisotopic (exact) mass is 278 g/mol. The van der Waals surface area contributed by atoms with E-state index in [2.05, 4.69) is 12.2 Å². The van der Waals surface area contributed by atoms with Gasteiger partial charge in [0.1, 0.15) is 11.8 Å². The number of hydrogen-bond donors (Lipinski definition) is 2. The van der Waals surface area contributed by atoms with Crippen molar-refractivity contribution in [2.24, 2.45) is 5.73 Å². The van der Waals surface area contributed by atoms with Crippen LogP contribution in [0.2, 0.25) is 0 Å². The minimum absolute atomic E-state index is 0.295. The average Bonchev–Trinajstić information content (AvgIpc) is 2.46. The van der Waals surface area contributed by atoms with E-state index in [9.17, 15) is 4.79 Å². The van der Waals surface area contributed by atoms with Gasteiger partial charge in [-0.1, -0.05) is 39.0 Å². The smallest absolute Gasteiger partial charge is 0.239 e. The van der Waals surface area contributed by atoms with E-state index in [0.29, 0.717) is 0 Å². The van der Waals surface area contributed by atoms with E-state index in [-0.39, 0.29) is 11.9 Å². The lowest BCUT2D eigenvalue weighted by molar-refractivity contribution is -0.118. The van der Waals surface area contributed by atoms with Gasteiger partial charge in [-0.05, 0) is 30.7 Å². The molecule has 3 N–H and O–H groups in total. The minimum atomic E-state index is -0.301. The highest BCUT2D eigenvalue weighted by Crippen LogP contribution is 2.17. The van der Waals surface area contributed by atoms with Crippen molar-refractivity contribution >= 4 is 11.6 Å². The van der Waals surface area contributed by atoms with Crippen LogP contribution < -0.4 is 15.8 Å². The number of unbranched alkanes of at least 4 members (excludes halogenated alkanes) is 4. The molecule has 1 rings (SSSR count). The lowest BCUT2D eigenvalue weighted by atomic mass is 10.1. The van der Waals surface area contributed by atoms with Gasteiger partial charge in [0.15, 0.2) is 0 Å². The fourth-order valence-electron chi connectivity index (χ4n) is 2.13. The first-order valence-electron chi connectivity index (χ1n) is 7.37. The second-order valence-electron chi connectivity index (χ2n) is 5.03. The van der Waals surface area contributed by atoms with E-state index >= 15 is 0 Å². The third-order valence-electron chi connectivity index (χ3n) is 3.37. The molecule has 0 aromatic heterocycles. The summed E-state index contributed by atoms with van der Waals surface area (Å²) in [6.07, 6.45) is 6.67. The Bertz CT molecular complexity index is 390. The van der Waals surface area contributed by atoms with E-state index in [1.807, 2.05) is 24.3 Å². The quantitative estimate of drug-likeness (QED) is 0.645. The Hall–Kier alpha value is -1.71. The number of rotatable bonds is 10. The van der Waals surface area contributed by atoms with Gasteiger partial charge in [-0.3, -0.25) is 4.79 Å². The maximum atomic E-state index is 11.5. The molecule has 4 heteroatoms. The Balaban J connectivity index is 2.43. The van der Waals surface area contributed by atoms with E-state index in [0.717, 1.165) is 30.7 Å². The van der Waals surface area contributed by atoms with Crippen LogP contribution in [0.1, 0.15) is 45.4 Å². The Morgan fingerprint density at radius 1 is 1.20 bits per heavy atom. The number of benzene rings is 1. The summed E-state index contributed by atoms with van der Waals surface area (Å²) in [7, 11) is 1.63. The highest BCUT2D eigenvalue weighted by molar-refractivity contribution is 5.82. The number of nitrogens with one attached hydrogen (secondary N) is 1. The van der Waals surface area contributed by atoms with Gasteiger partial charge < -0.3 is 15.8 Å². The summed E-state index contributed by atoms with van der Waals surface area (Å²) in [4.78, 5) is 11.5. The van der Waals surface area contributed by atoms with Gasteiger partial charge in [-0.2, -0.15) is 0 Å². The molecule has 0 aliphatic rings. The highest BCUT2D eigenvalue weighted by Gasteiger charge is 2.14. The van der Waals surface area contributed by atoms with Crippen LogP contribution >= 0.6 is 0 Å². The third kappa shape index (κ3) is 5.95. The molecule has 0 radical (unpaired) electrons. The van der Waals surface area contributed by atoms with E-state index in [4.69, 9.17) is 10.5 Å². The fourth-order valence-corrected chi connectivity index (χ4v) is 2.13. The number of carbonyl (C=O) groups excluding carboxylic acids is 1. The molecule has 0 heterocycles. The molecule has 0 fully saturated rings. The van der Waals surface area contributed by atoms with Crippen molar-refractivity contribution in [3.8, 4) is 5.75 Å². The van der Waals surface area contributed by atoms with E-state index < -0.39 is 0 Å². The molecule has 1 unspecified atom stereocenters. The van der Waals surface area contributed by atoms with Crippen LogP contribution in [0.3, 0.4) is 0 Å². The van der Waals surface area contributed by atoms with Crippen LogP contribution in [-0.4, -0.2) is 19.1 Å². The van der Waals surface area contributed by atoms with E-state index in [1.54, 1.807) is 7.11 Å². The number of hydrogen-bond acceptors (Lipinski definition) is 3. The van der Waals surface area contributed by atoms with Crippen LogP contribution in [0.25, 0.3) is 0 Å². The van der Waals surface area contributed by atoms with Crippen LogP contribution in [-0.2, 0) is 4.79 Å². The van der Waals surface area contributed by atoms with Crippen molar-refractivity contribution in [1.82, 2.24) is 0 Å². The summed E-state index contributed by atoms with van der Waals surface area (Å²) >= 11 is 0. The maximum absolute atomic E-state index is 11.5. The van der Waals surface area contributed by atoms with Crippen LogP contribution in [0, 0.1) is 0 Å². The summed E-state index contributed by atoms with van der Waals surface area (Å²) in [5.74, 6) is 0.502. The Morgan fingerprint density at radius 2 is 1.85 bits per heavy atom. The van der Waals surface area contributed by atoms with Gasteiger partial charge in [0, 0.05) is 5.69 Å². The number of nitrogens with two attached hydrogens (primary N) is 1. The lowest BCUT2D eigenvalue weighted by Gasteiger charge is -2.17. The second kappa shape index (κ2) is 9.23. The first-order chi connectivity index (χ1) is 9.67. The zero-order chi connectivity index (χ0) is 14.8. The molecule has 4 nitrogen and oxygen atoms in total. The van der Waals surface area contributed by atoms with Gasteiger partial charge >= 0.3 is 0 Å². The summed E-state index contributed by atoms with van der Waals surface area (Å²) in [5.41, 5.74) is 6.35. The van der Waals surface area contributed by atoms with Gasteiger partial charge in [-0.25, -0.2) is 0 Å². The van der Waals surface area contributed by atoms with Crippen molar-refractivity contribution in [2.45, 2.75) is 51.5 Å². The van der Waals surface area contributed by atoms with Crippen molar-refractivity contribution in [3.05, 3.63) is 24.3 Å². The zero-order valence-electron chi connectivity index (χ0n) is 12.5.